The summed E-state index contributed by atoms with van der Waals surface area (Å²) in [5.41, 5.74) is 1.54. The van der Waals surface area contributed by atoms with Gasteiger partial charge in [-0.15, -0.1) is 0 Å². The molecule has 2 nitrogen and oxygen atoms in total. The van der Waals surface area contributed by atoms with Gasteiger partial charge in [0, 0.05) is 10.5 Å². The van der Waals surface area contributed by atoms with Crippen molar-refractivity contribution in [3.05, 3.63) is 57.3 Å². The van der Waals surface area contributed by atoms with Crippen molar-refractivity contribution >= 4 is 39.2 Å². The van der Waals surface area contributed by atoms with Gasteiger partial charge < -0.3 is 4.98 Å². The zero-order chi connectivity index (χ0) is 13.6. The summed E-state index contributed by atoms with van der Waals surface area (Å²) < 4.78 is 29.8. The first-order chi connectivity index (χ1) is 9.06. The highest BCUT2D eigenvalue weighted by atomic mass is 79.9. The smallest absolute Gasteiger partial charge is 0.182 e. The molecule has 96 valence electrons. The summed E-state index contributed by atoms with van der Waals surface area (Å²) in [5.74, 6) is -1.04. The molecule has 0 aliphatic carbocycles. The maximum absolute atomic E-state index is 13.9. The van der Waals surface area contributed by atoms with E-state index >= 15 is 0 Å². The van der Waals surface area contributed by atoms with Crippen LogP contribution in [0, 0.1) is 16.4 Å². The summed E-state index contributed by atoms with van der Waals surface area (Å²) in [5, 5.41) is 0. The molecular formula is C13H7BrF2N2S. The van der Waals surface area contributed by atoms with Gasteiger partial charge in [-0.05, 0) is 42.5 Å². The number of aromatic nitrogens is 2. The Morgan fingerprint density at radius 3 is 2.68 bits per heavy atom. The van der Waals surface area contributed by atoms with Crippen molar-refractivity contribution in [2.45, 2.75) is 0 Å². The van der Waals surface area contributed by atoms with E-state index in [0.717, 1.165) is 28.2 Å². The zero-order valence-corrected chi connectivity index (χ0v) is 11.9. The Morgan fingerprint density at radius 1 is 1.11 bits per heavy atom. The lowest BCUT2D eigenvalue weighted by molar-refractivity contribution is 0.593. The molecule has 0 saturated carbocycles. The Morgan fingerprint density at radius 2 is 1.89 bits per heavy atom. The maximum atomic E-state index is 13.9. The number of benzene rings is 2. The quantitative estimate of drug-likeness (QED) is 0.635. The molecule has 0 spiro atoms. The Kier molecular flexibility index (Phi) is 2.99. The number of H-pyrrole nitrogens is 1. The number of nitrogens with zero attached hydrogens (tertiary/aromatic N) is 1. The zero-order valence-electron chi connectivity index (χ0n) is 9.45. The number of imidazole rings is 1. The number of hydrogen-bond acceptors (Lipinski definition) is 1. The molecule has 1 aromatic heterocycles. The molecule has 0 amide bonds. The third-order valence-corrected chi connectivity index (χ3v) is 3.57. The van der Waals surface area contributed by atoms with Crippen molar-refractivity contribution in [1.82, 2.24) is 9.55 Å². The van der Waals surface area contributed by atoms with Crippen LogP contribution in [0.4, 0.5) is 8.78 Å². The summed E-state index contributed by atoms with van der Waals surface area (Å²) in [6.45, 7) is 0. The topological polar surface area (TPSA) is 20.7 Å². The van der Waals surface area contributed by atoms with Crippen molar-refractivity contribution in [3.8, 4) is 5.69 Å². The molecule has 6 heteroatoms. The molecule has 3 aromatic rings. The third kappa shape index (κ3) is 2.11. The van der Waals surface area contributed by atoms with Gasteiger partial charge >= 0.3 is 0 Å². The Labute approximate surface area is 120 Å². The molecule has 0 unspecified atom stereocenters. The number of aromatic amines is 1. The highest BCUT2D eigenvalue weighted by Gasteiger charge is 2.11. The molecule has 1 heterocycles. The third-order valence-electron chi connectivity index (χ3n) is 2.79. The molecule has 0 aliphatic heterocycles. The van der Waals surface area contributed by atoms with E-state index in [1.807, 2.05) is 12.1 Å². The number of rotatable bonds is 1. The number of hydrogen-bond donors (Lipinski definition) is 1. The molecule has 2 aromatic carbocycles. The number of nitrogens with one attached hydrogen (secondary N) is 1. The second kappa shape index (κ2) is 4.54. The number of fused-ring (bicyclic) bond motifs is 1. The Bertz CT molecular complexity index is 838. The molecule has 0 aliphatic rings. The average molecular weight is 341 g/mol. The van der Waals surface area contributed by atoms with Gasteiger partial charge in [0.05, 0.1) is 16.7 Å². The minimum absolute atomic E-state index is 0.0959. The van der Waals surface area contributed by atoms with E-state index in [4.69, 9.17) is 12.2 Å². The monoisotopic (exact) mass is 340 g/mol. The fourth-order valence-corrected chi connectivity index (χ4v) is 2.65. The van der Waals surface area contributed by atoms with E-state index in [1.54, 1.807) is 6.07 Å². The van der Waals surface area contributed by atoms with Crippen LogP contribution >= 0.6 is 28.1 Å². The van der Waals surface area contributed by atoms with Crippen molar-refractivity contribution in [2.75, 3.05) is 0 Å². The molecule has 19 heavy (non-hydrogen) atoms. The fourth-order valence-electron chi connectivity index (χ4n) is 1.98. The first-order valence-electron chi connectivity index (χ1n) is 5.42. The van der Waals surface area contributed by atoms with Crippen molar-refractivity contribution < 1.29 is 8.78 Å². The lowest BCUT2D eigenvalue weighted by atomic mass is 10.2. The van der Waals surface area contributed by atoms with Crippen LogP contribution in [0.2, 0.25) is 0 Å². The van der Waals surface area contributed by atoms with Crippen LogP contribution in [0.3, 0.4) is 0 Å². The Balaban J connectivity index is 2.39. The van der Waals surface area contributed by atoms with Crippen LogP contribution in [0.15, 0.2) is 40.9 Å². The van der Waals surface area contributed by atoms with Crippen LogP contribution in [0.1, 0.15) is 0 Å². The lowest BCUT2D eigenvalue weighted by Gasteiger charge is -2.06. The minimum atomic E-state index is -0.527. The van der Waals surface area contributed by atoms with Crippen LogP contribution in [0.25, 0.3) is 16.7 Å². The van der Waals surface area contributed by atoms with Gasteiger partial charge in [-0.25, -0.2) is 8.78 Å². The first kappa shape index (κ1) is 12.5. The van der Waals surface area contributed by atoms with Gasteiger partial charge in [0.1, 0.15) is 11.6 Å². The van der Waals surface area contributed by atoms with Gasteiger partial charge in [-0.2, -0.15) is 0 Å². The normalized spacial score (nSPS) is 11.1. The summed E-state index contributed by atoms with van der Waals surface area (Å²) in [6, 6.07) is 8.73. The standard InChI is InChI=1S/C13H7BrF2N2S/c14-7-1-4-11-10(5-7)17-13(19)18(11)12-6-8(15)2-3-9(12)16/h1-6H,(H,17,19). The highest BCUT2D eigenvalue weighted by Crippen LogP contribution is 2.24. The van der Waals surface area contributed by atoms with Crippen molar-refractivity contribution in [2.24, 2.45) is 0 Å². The predicted molar refractivity (Wildman–Crippen MR) is 76.1 cm³/mol. The fraction of sp³-hybridized carbons (Fsp3) is 0. The molecule has 3 rings (SSSR count). The molecule has 0 atom stereocenters. The van der Waals surface area contributed by atoms with Crippen LogP contribution in [-0.2, 0) is 0 Å². The van der Waals surface area contributed by atoms with Crippen LogP contribution < -0.4 is 0 Å². The van der Waals surface area contributed by atoms with Gasteiger partial charge in [0.25, 0.3) is 0 Å². The number of halogens is 3. The molecule has 0 radical (unpaired) electrons. The van der Waals surface area contributed by atoms with E-state index in [0.29, 0.717) is 10.3 Å². The predicted octanol–water partition coefficient (Wildman–Crippen LogP) is 4.73. The van der Waals surface area contributed by atoms with Gasteiger partial charge in [0.2, 0.25) is 0 Å². The van der Waals surface area contributed by atoms with E-state index in [2.05, 4.69) is 20.9 Å². The highest BCUT2D eigenvalue weighted by molar-refractivity contribution is 9.10. The largest absolute Gasteiger partial charge is 0.330 e. The summed E-state index contributed by atoms with van der Waals surface area (Å²) >= 11 is 8.54. The SMILES string of the molecule is Fc1ccc(F)c(-n2c(=S)[nH]c3cc(Br)ccc32)c1. The first-order valence-corrected chi connectivity index (χ1v) is 6.62. The van der Waals surface area contributed by atoms with E-state index in [1.165, 1.54) is 4.57 Å². The van der Waals surface area contributed by atoms with Gasteiger partial charge in [-0.3, -0.25) is 4.57 Å². The average Bonchev–Trinajstić information content (AvgIpc) is 2.67. The van der Waals surface area contributed by atoms with E-state index in [9.17, 15) is 8.78 Å². The second-order valence-corrected chi connectivity index (χ2v) is 5.33. The minimum Gasteiger partial charge on any atom is -0.330 e. The van der Waals surface area contributed by atoms with Crippen LogP contribution in [-0.4, -0.2) is 9.55 Å². The van der Waals surface area contributed by atoms with E-state index < -0.39 is 11.6 Å². The van der Waals surface area contributed by atoms with E-state index in [-0.39, 0.29) is 5.69 Å². The summed E-state index contributed by atoms with van der Waals surface area (Å²) in [6.07, 6.45) is 0. The van der Waals surface area contributed by atoms with Crippen molar-refractivity contribution in [3.63, 3.8) is 0 Å². The second-order valence-electron chi connectivity index (χ2n) is 4.02. The lowest BCUT2D eigenvalue weighted by Crippen LogP contribution is -1.98. The summed E-state index contributed by atoms with van der Waals surface area (Å²) in [4.78, 5) is 2.97. The molecule has 0 fully saturated rings. The van der Waals surface area contributed by atoms with Crippen LogP contribution in [0.5, 0.6) is 0 Å². The van der Waals surface area contributed by atoms with Gasteiger partial charge in [-0.1, -0.05) is 15.9 Å². The molecule has 1 N–H and O–H groups in total. The molecule has 0 saturated heterocycles. The van der Waals surface area contributed by atoms with Gasteiger partial charge in [0.15, 0.2) is 4.77 Å². The molecule has 0 bridgehead atoms. The Hall–Kier alpha value is -1.53. The summed E-state index contributed by atoms with van der Waals surface area (Å²) in [7, 11) is 0. The van der Waals surface area contributed by atoms with Crippen molar-refractivity contribution in [1.29, 1.82) is 0 Å². The maximum Gasteiger partial charge on any atom is 0.182 e. The molecular weight excluding hydrogens is 334 g/mol.